The molecule has 0 spiro atoms. The molecule has 0 radical (unpaired) electrons. The third-order valence-electron chi connectivity index (χ3n) is 3.15. The van der Waals surface area contributed by atoms with Gasteiger partial charge < -0.3 is 19.9 Å². The molecule has 2 rings (SSSR count). The molecule has 0 aliphatic carbocycles. The maximum atomic E-state index is 11.9. The van der Waals surface area contributed by atoms with Crippen molar-refractivity contribution in [2.45, 2.75) is 33.0 Å². The molecule has 0 fully saturated rings. The van der Waals surface area contributed by atoms with E-state index in [0.29, 0.717) is 25.4 Å². The van der Waals surface area contributed by atoms with Gasteiger partial charge in [0.1, 0.15) is 0 Å². The number of aromatic nitrogens is 4. The summed E-state index contributed by atoms with van der Waals surface area (Å²) in [5.41, 5.74) is 1.59. The average Bonchev–Trinajstić information content (AvgIpc) is 3.11. The van der Waals surface area contributed by atoms with E-state index in [1.54, 1.807) is 36.7 Å². The molecule has 2 heterocycles. The molecule has 0 unspecified atom stereocenters. The number of imidazole rings is 1. The number of urea groups is 1. The van der Waals surface area contributed by atoms with Crippen molar-refractivity contribution in [2.75, 3.05) is 19.0 Å². The van der Waals surface area contributed by atoms with Gasteiger partial charge in [-0.25, -0.2) is 9.78 Å². The number of nitrogens with one attached hydrogen (secondary N) is 2. The number of hydrogen-bond acceptors (Lipinski definition) is 4. The number of nitrogens with zero attached hydrogens (tertiary/aromatic N) is 4. The first-order valence-corrected chi connectivity index (χ1v) is 7.17. The molecule has 2 aromatic heterocycles. The Labute approximate surface area is 129 Å². The summed E-state index contributed by atoms with van der Waals surface area (Å²) < 4.78 is 8.77. The highest BCUT2D eigenvalue weighted by atomic mass is 16.5. The van der Waals surface area contributed by atoms with E-state index in [1.165, 1.54) is 0 Å². The number of carbonyl (C=O) groups excluding carboxylic acids is 1. The zero-order valence-electron chi connectivity index (χ0n) is 13.1. The highest BCUT2D eigenvalue weighted by Crippen LogP contribution is 2.09. The monoisotopic (exact) mass is 306 g/mol. The lowest BCUT2D eigenvalue weighted by Crippen LogP contribution is -2.29. The van der Waals surface area contributed by atoms with Gasteiger partial charge in [-0.05, 0) is 13.8 Å². The second kappa shape index (κ2) is 7.60. The molecule has 0 saturated carbocycles. The smallest absolute Gasteiger partial charge is 0.319 e. The summed E-state index contributed by atoms with van der Waals surface area (Å²) in [7, 11) is 1.65. The van der Waals surface area contributed by atoms with Crippen molar-refractivity contribution in [3.8, 4) is 0 Å². The predicted octanol–water partition coefficient (Wildman–Crippen LogP) is 1.63. The van der Waals surface area contributed by atoms with E-state index < -0.39 is 0 Å². The van der Waals surface area contributed by atoms with Crippen LogP contribution >= 0.6 is 0 Å². The lowest BCUT2D eigenvalue weighted by atomic mass is 10.4. The fraction of sp³-hybridized carbons (Fsp3) is 0.500. The Balaban J connectivity index is 1.83. The Kier molecular flexibility index (Phi) is 5.54. The third-order valence-corrected chi connectivity index (χ3v) is 3.15. The summed E-state index contributed by atoms with van der Waals surface area (Å²) in [6, 6.07) is -0.0171. The molecule has 0 saturated heterocycles. The van der Waals surface area contributed by atoms with Crippen molar-refractivity contribution >= 4 is 11.7 Å². The fourth-order valence-electron chi connectivity index (χ4n) is 1.92. The summed E-state index contributed by atoms with van der Waals surface area (Å²) >= 11 is 0. The SMILES string of the molecule is COCCn1cncc1CNC(=O)Nc1cnn(C(C)C)c1. The van der Waals surface area contributed by atoms with Crippen LogP contribution in [0.3, 0.4) is 0 Å². The van der Waals surface area contributed by atoms with Crippen LogP contribution in [0.5, 0.6) is 0 Å². The zero-order valence-corrected chi connectivity index (χ0v) is 13.1. The van der Waals surface area contributed by atoms with E-state index in [1.807, 2.05) is 18.4 Å². The van der Waals surface area contributed by atoms with Gasteiger partial charge in [-0.2, -0.15) is 5.10 Å². The van der Waals surface area contributed by atoms with E-state index in [-0.39, 0.29) is 12.1 Å². The molecular formula is C14H22N6O2. The Morgan fingerprint density at radius 2 is 2.23 bits per heavy atom. The Hall–Kier alpha value is -2.35. The number of carbonyl (C=O) groups is 1. The standard InChI is InChI=1S/C14H22N6O2/c1-11(2)20-9-12(6-17-20)18-14(21)16-8-13-7-15-10-19(13)4-5-22-3/h6-7,9-11H,4-5,8H2,1-3H3,(H2,16,18,21). The van der Waals surface area contributed by atoms with Crippen molar-refractivity contribution in [3.05, 3.63) is 30.6 Å². The van der Waals surface area contributed by atoms with Crippen molar-refractivity contribution in [3.63, 3.8) is 0 Å². The van der Waals surface area contributed by atoms with Crippen LogP contribution in [-0.2, 0) is 17.8 Å². The molecule has 22 heavy (non-hydrogen) atoms. The molecule has 0 aliphatic rings. The molecule has 0 aliphatic heterocycles. The largest absolute Gasteiger partial charge is 0.383 e. The van der Waals surface area contributed by atoms with Crippen LogP contribution in [0.15, 0.2) is 24.9 Å². The number of anilines is 1. The number of methoxy groups -OCH3 is 1. The number of hydrogen-bond donors (Lipinski definition) is 2. The number of amides is 2. The van der Waals surface area contributed by atoms with Crippen LogP contribution in [-0.4, -0.2) is 39.1 Å². The lowest BCUT2D eigenvalue weighted by molar-refractivity contribution is 0.186. The molecule has 0 atom stereocenters. The van der Waals surface area contributed by atoms with Crippen LogP contribution in [0.4, 0.5) is 10.5 Å². The van der Waals surface area contributed by atoms with Crippen LogP contribution in [0.2, 0.25) is 0 Å². The zero-order chi connectivity index (χ0) is 15.9. The van der Waals surface area contributed by atoms with Gasteiger partial charge >= 0.3 is 6.03 Å². The second-order valence-corrected chi connectivity index (χ2v) is 5.18. The van der Waals surface area contributed by atoms with Crippen LogP contribution in [0, 0.1) is 0 Å². The number of ether oxygens (including phenoxy) is 1. The fourth-order valence-corrected chi connectivity index (χ4v) is 1.92. The predicted molar refractivity (Wildman–Crippen MR) is 82.6 cm³/mol. The molecule has 0 aromatic carbocycles. The highest BCUT2D eigenvalue weighted by Gasteiger charge is 2.07. The van der Waals surface area contributed by atoms with Gasteiger partial charge in [0.25, 0.3) is 0 Å². The van der Waals surface area contributed by atoms with Crippen molar-refractivity contribution in [1.29, 1.82) is 0 Å². The van der Waals surface area contributed by atoms with Crippen molar-refractivity contribution < 1.29 is 9.53 Å². The minimum atomic E-state index is -0.275. The molecule has 120 valence electrons. The molecule has 2 N–H and O–H groups in total. The van der Waals surface area contributed by atoms with E-state index in [0.717, 1.165) is 5.69 Å². The van der Waals surface area contributed by atoms with Gasteiger partial charge in [-0.3, -0.25) is 4.68 Å². The van der Waals surface area contributed by atoms with E-state index in [2.05, 4.69) is 20.7 Å². The highest BCUT2D eigenvalue weighted by molar-refractivity contribution is 5.88. The summed E-state index contributed by atoms with van der Waals surface area (Å²) in [5.74, 6) is 0. The Morgan fingerprint density at radius 1 is 1.41 bits per heavy atom. The van der Waals surface area contributed by atoms with Gasteiger partial charge in [-0.1, -0.05) is 0 Å². The summed E-state index contributed by atoms with van der Waals surface area (Å²) in [5, 5.41) is 9.73. The van der Waals surface area contributed by atoms with Crippen LogP contribution < -0.4 is 10.6 Å². The second-order valence-electron chi connectivity index (χ2n) is 5.18. The lowest BCUT2D eigenvalue weighted by Gasteiger charge is -2.09. The first-order valence-electron chi connectivity index (χ1n) is 7.17. The van der Waals surface area contributed by atoms with E-state index in [9.17, 15) is 4.79 Å². The van der Waals surface area contributed by atoms with Crippen LogP contribution in [0.25, 0.3) is 0 Å². The van der Waals surface area contributed by atoms with E-state index in [4.69, 9.17) is 4.74 Å². The average molecular weight is 306 g/mol. The molecular weight excluding hydrogens is 284 g/mol. The molecule has 8 heteroatoms. The first-order chi connectivity index (χ1) is 10.6. The maximum Gasteiger partial charge on any atom is 0.319 e. The minimum absolute atomic E-state index is 0.258. The first kappa shape index (κ1) is 16.0. The van der Waals surface area contributed by atoms with Gasteiger partial charge in [0, 0.05) is 32.1 Å². The minimum Gasteiger partial charge on any atom is -0.383 e. The van der Waals surface area contributed by atoms with E-state index >= 15 is 0 Å². The third kappa shape index (κ3) is 4.32. The molecule has 0 bridgehead atoms. The molecule has 2 amide bonds. The van der Waals surface area contributed by atoms with Crippen LogP contribution in [0.1, 0.15) is 25.6 Å². The van der Waals surface area contributed by atoms with Crippen molar-refractivity contribution in [2.24, 2.45) is 0 Å². The summed E-state index contributed by atoms with van der Waals surface area (Å²) in [6.45, 7) is 5.75. The van der Waals surface area contributed by atoms with Gasteiger partial charge in [0.2, 0.25) is 0 Å². The summed E-state index contributed by atoms with van der Waals surface area (Å²) in [6.07, 6.45) is 6.88. The molecule has 2 aromatic rings. The van der Waals surface area contributed by atoms with Gasteiger partial charge in [0.15, 0.2) is 0 Å². The molecule has 8 nitrogen and oxygen atoms in total. The normalized spacial score (nSPS) is 10.9. The Morgan fingerprint density at radius 3 is 2.91 bits per heavy atom. The Bertz CT molecular complexity index is 604. The quantitative estimate of drug-likeness (QED) is 0.814. The maximum absolute atomic E-state index is 11.9. The van der Waals surface area contributed by atoms with Crippen molar-refractivity contribution in [1.82, 2.24) is 24.6 Å². The topological polar surface area (TPSA) is 86.0 Å². The number of rotatable bonds is 7. The van der Waals surface area contributed by atoms with Gasteiger partial charge in [0.05, 0.1) is 37.1 Å². The van der Waals surface area contributed by atoms with Gasteiger partial charge in [-0.15, -0.1) is 0 Å². The summed E-state index contributed by atoms with van der Waals surface area (Å²) in [4.78, 5) is 16.0.